The van der Waals surface area contributed by atoms with E-state index in [2.05, 4.69) is 32.8 Å². The fraction of sp³-hybridized carbons (Fsp3) is 0.818. The van der Waals surface area contributed by atoms with Crippen LogP contribution < -0.4 is 5.32 Å². The average Bonchev–Trinajstić information content (AvgIpc) is 2.90. The van der Waals surface area contributed by atoms with Gasteiger partial charge in [-0.25, -0.2) is 4.68 Å². The number of amides is 1. The second-order valence-corrected chi connectivity index (χ2v) is 5.70. The average molecular weight is 299 g/mol. The van der Waals surface area contributed by atoms with Gasteiger partial charge in [0, 0.05) is 32.7 Å². The highest BCUT2D eigenvalue weighted by Gasteiger charge is 2.19. The SMILES string of the molecule is CNCCn1nnnc1SCC(=O)N1CCN(C)CC1. The molecule has 8 nitrogen and oxygen atoms in total. The lowest BCUT2D eigenvalue weighted by Crippen LogP contribution is -2.47. The summed E-state index contributed by atoms with van der Waals surface area (Å²) in [4.78, 5) is 16.3. The van der Waals surface area contributed by atoms with Crippen molar-refractivity contribution in [3.63, 3.8) is 0 Å². The van der Waals surface area contributed by atoms with Gasteiger partial charge < -0.3 is 15.1 Å². The van der Waals surface area contributed by atoms with Crippen LogP contribution in [0.1, 0.15) is 0 Å². The molecule has 0 aliphatic carbocycles. The summed E-state index contributed by atoms with van der Waals surface area (Å²) in [6.07, 6.45) is 0. The number of tetrazole rings is 1. The molecule has 9 heteroatoms. The van der Waals surface area contributed by atoms with E-state index in [0.29, 0.717) is 17.5 Å². The van der Waals surface area contributed by atoms with E-state index in [4.69, 9.17) is 0 Å². The Morgan fingerprint density at radius 3 is 2.80 bits per heavy atom. The summed E-state index contributed by atoms with van der Waals surface area (Å²) in [5, 5.41) is 15.3. The van der Waals surface area contributed by atoms with Crippen molar-refractivity contribution < 1.29 is 4.79 Å². The van der Waals surface area contributed by atoms with Crippen LogP contribution >= 0.6 is 11.8 Å². The number of aromatic nitrogens is 4. The van der Waals surface area contributed by atoms with Gasteiger partial charge in [-0.05, 0) is 24.5 Å². The molecule has 112 valence electrons. The maximum atomic E-state index is 12.1. The second-order valence-electron chi connectivity index (χ2n) is 4.76. The fourth-order valence-electron chi connectivity index (χ4n) is 1.93. The summed E-state index contributed by atoms with van der Waals surface area (Å²) < 4.78 is 1.72. The first kappa shape index (κ1) is 15.2. The molecule has 1 aromatic heterocycles. The van der Waals surface area contributed by atoms with Crippen molar-refractivity contribution in [2.24, 2.45) is 0 Å². The van der Waals surface area contributed by atoms with Gasteiger partial charge in [0.25, 0.3) is 0 Å². The predicted octanol–water partition coefficient (Wildman–Crippen LogP) is -1.24. The van der Waals surface area contributed by atoms with Crippen molar-refractivity contribution in [1.29, 1.82) is 0 Å². The van der Waals surface area contributed by atoms with Crippen LogP contribution in [0.2, 0.25) is 0 Å². The maximum absolute atomic E-state index is 12.1. The van der Waals surface area contributed by atoms with Crippen LogP contribution in [0.5, 0.6) is 0 Å². The molecule has 0 aromatic carbocycles. The van der Waals surface area contributed by atoms with Gasteiger partial charge in [-0.15, -0.1) is 5.10 Å². The Hall–Kier alpha value is -1.19. The van der Waals surface area contributed by atoms with Crippen LogP contribution in [0, 0.1) is 0 Å². The number of hydrogen-bond acceptors (Lipinski definition) is 7. The van der Waals surface area contributed by atoms with E-state index in [1.807, 2.05) is 11.9 Å². The first-order valence-electron chi connectivity index (χ1n) is 6.70. The van der Waals surface area contributed by atoms with Gasteiger partial charge in [-0.3, -0.25) is 4.79 Å². The molecule has 1 N–H and O–H groups in total. The van der Waals surface area contributed by atoms with E-state index in [9.17, 15) is 4.79 Å². The highest BCUT2D eigenvalue weighted by atomic mass is 32.2. The van der Waals surface area contributed by atoms with Crippen molar-refractivity contribution in [3.8, 4) is 0 Å². The molecule has 1 aliphatic heterocycles. The van der Waals surface area contributed by atoms with Gasteiger partial charge in [-0.1, -0.05) is 11.8 Å². The third kappa shape index (κ3) is 4.15. The number of likely N-dealkylation sites (N-methyl/N-ethyl adjacent to an activating group) is 2. The first-order chi connectivity index (χ1) is 9.70. The Bertz CT molecular complexity index is 430. The number of nitrogens with zero attached hydrogens (tertiary/aromatic N) is 6. The smallest absolute Gasteiger partial charge is 0.233 e. The molecule has 1 aromatic rings. The third-order valence-corrected chi connectivity index (χ3v) is 4.20. The summed E-state index contributed by atoms with van der Waals surface area (Å²) in [6.45, 7) is 4.99. The normalized spacial score (nSPS) is 16.6. The molecular weight excluding hydrogens is 278 g/mol. The molecule has 0 atom stereocenters. The van der Waals surface area contributed by atoms with Crippen molar-refractivity contribution in [2.45, 2.75) is 11.7 Å². The largest absolute Gasteiger partial charge is 0.339 e. The maximum Gasteiger partial charge on any atom is 0.233 e. The van der Waals surface area contributed by atoms with Crippen molar-refractivity contribution in [3.05, 3.63) is 0 Å². The van der Waals surface area contributed by atoms with Crippen LogP contribution in [0.3, 0.4) is 0 Å². The summed E-state index contributed by atoms with van der Waals surface area (Å²) in [6, 6.07) is 0. The van der Waals surface area contributed by atoms with Gasteiger partial charge in [0.1, 0.15) is 0 Å². The number of hydrogen-bond donors (Lipinski definition) is 1. The van der Waals surface area contributed by atoms with Crippen LogP contribution in [-0.4, -0.2) is 88.5 Å². The summed E-state index contributed by atoms with van der Waals surface area (Å²) in [7, 11) is 3.96. The molecule has 0 saturated carbocycles. The zero-order valence-electron chi connectivity index (χ0n) is 11.9. The quantitative estimate of drug-likeness (QED) is 0.658. The van der Waals surface area contributed by atoms with Crippen molar-refractivity contribution in [1.82, 2.24) is 35.3 Å². The Labute approximate surface area is 122 Å². The lowest BCUT2D eigenvalue weighted by Gasteiger charge is -2.32. The summed E-state index contributed by atoms with van der Waals surface area (Å²) in [5.41, 5.74) is 0. The van der Waals surface area contributed by atoms with Gasteiger partial charge in [0.2, 0.25) is 11.1 Å². The molecule has 2 rings (SSSR count). The molecule has 20 heavy (non-hydrogen) atoms. The number of rotatable bonds is 6. The minimum absolute atomic E-state index is 0.159. The highest BCUT2D eigenvalue weighted by Crippen LogP contribution is 2.14. The topological polar surface area (TPSA) is 79.2 Å². The molecule has 0 unspecified atom stereocenters. The van der Waals surface area contributed by atoms with Crippen LogP contribution in [-0.2, 0) is 11.3 Å². The van der Waals surface area contributed by atoms with E-state index in [-0.39, 0.29) is 5.91 Å². The minimum atomic E-state index is 0.159. The molecule has 1 aliphatic rings. The third-order valence-electron chi connectivity index (χ3n) is 3.25. The van der Waals surface area contributed by atoms with E-state index >= 15 is 0 Å². The number of piperazine rings is 1. The first-order valence-corrected chi connectivity index (χ1v) is 7.69. The van der Waals surface area contributed by atoms with Gasteiger partial charge in [-0.2, -0.15) is 0 Å². The zero-order chi connectivity index (χ0) is 14.4. The standard InChI is InChI=1S/C11H21N7OS/c1-12-3-4-18-11(13-14-15-18)20-9-10(19)17-7-5-16(2)6-8-17/h12H,3-9H2,1-2H3. The predicted molar refractivity (Wildman–Crippen MR) is 76.5 cm³/mol. The number of carbonyl (C=O) groups is 1. The number of nitrogens with one attached hydrogen (secondary N) is 1. The molecule has 0 bridgehead atoms. The minimum Gasteiger partial charge on any atom is -0.339 e. The van der Waals surface area contributed by atoms with Gasteiger partial charge >= 0.3 is 0 Å². The Kier molecular flexibility index (Phi) is 5.74. The molecule has 0 spiro atoms. The van der Waals surface area contributed by atoms with Crippen molar-refractivity contribution >= 4 is 17.7 Å². The van der Waals surface area contributed by atoms with Crippen LogP contribution in [0.25, 0.3) is 0 Å². The molecule has 1 saturated heterocycles. The monoisotopic (exact) mass is 299 g/mol. The molecule has 0 radical (unpaired) electrons. The molecule has 1 fully saturated rings. The van der Waals surface area contributed by atoms with E-state index in [1.165, 1.54) is 11.8 Å². The lowest BCUT2D eigenvalue weighted by molar-refractivity contribution is -0.129. The fourth-order valence-corrected chi connectivity index (χ4v) is 2.74. The molecular formula is C11H21N7OS. The van der Waals surface area contributed by atoms with Gasteiger partial charge in [0.15, 0.2) is 0 Å². The molecule has 2 heterocycles. The Morgan fingerprint density at radius 1 is 1.35 bits per heavy atom. The van der Waals surface area contributed by atoms with Crippen LogP contribution in [0.15, 0.2) is 5.16 Å². The number of carbonyl (C=O) groups excluding carboxylic acids is 1. The molecule has 1 amide bonds. The Balaban J connectivity index is 1.79. The van der Waals surface area contributed by atoms with E-state index in [0.717, 1.165) is 32.7 Å². The van der Waals surface area contributed by atoms with Crippen molar-refractivity contribution in [2.75, 3.05) is 52.6 Å². The summed E-state index contributed by atoms with van der Waals surface area (Å²) in [5.74, 6) is 0.551. The Morgan fingerprint density at radius 2 is 2.10 bits per heavy atom. The highest BCUT2D eigenvalue weighted by molar-refractivity contribution is 7.99. The van der Waals surface area contributed by atoms with Gasteiger partial charge in [0.05, 0.1) is 12.3 Å². The lowest BCUT2D eigenvalue weighted by atomic mass is 10.3. The van der Waals surface area contributed by atoms with E-state index in [1.54, 1.807) is 4.68 Å². The summed E-state index contributed by atoms with van der Waals surface area (Å²) >= 11 is 1.40. The van der Waals surface area contributed by atoms with Crippen LogP contribution in [0.4, 0.5) is 0 Å². The second kappa shape index (κ2) is 7.55. The zero-order valence-corrected chi connectivity index (χ0v) is 12.8. The van der Waals surface area contributed by atoms with E-state index < -0.39 is 0 Å². The number of thioether (sulfide) groups is 1.